The Labute approximate surface area is 386 Å². The third kappa shape index (κ3) is 14.5. The molecule has 1 saturated heterocycles. The van der Waals surface area contributed by atoms with Gasteiger partial charge in [0, 0.05) is 49.1 Å². The van der Waals surface area contributed by atoms with Gasteiger partial charge in [0.05, 0.1) is 6.54 Å². The van der Waals surface area contributed by atoms with Crippen LogP contribution in [0, 0.1) is 6.92 Å². The fourth-order valence-electron chi connectivity index (χ4n) is 7.73. The van der Waals surface area contributed by atoms with Crippen molar-refractivity contribution in [3.05, 3.63) is 148 Å². The number of nitrogens with one attached hydrogen (secondary N) is 5. The molecule has 0 radical (unpaired) electrons. The van der Waals surface area contributed by atoms with E-state index < -0.39 is 72.0 Å². The van der Waals surface area contributed by atoms with E-state index in [9.17, 15) is 33.6 Å². The van der Waals surface area contributed by atoms with Gasteiger partial charge in [-0.3, -0.25) is 29.0 Å². The molecule has 1 aromatic heterocycles. The van der Waals surface area contributed by atoms with Crippen LogP contribution in [-0.4, -0.2) is 90.3 Å². The Morgan fingerprint density at radius 2 is 1.42 bits per heavy atom. The molecule has 6 rings (SSSR count). The maximum atomic E-state index is 14.6. The molecule has 18 nitrogen and oxygen atoms in total. The summed E-state index contributed by atoms with van der Waals surface area (Å²) in [6.07, 6.45) is 0.548. The summed E-state index contributed by atoms with van der Waals surface area (Å²) in [5.41, 5.74) is 14.0. The molecule has 0 bridgehead atoms. The molecule has 4 aromatic carbocycles. The van der Waals surface area contributed by atoms with Crippen molar-refractivity contribution < 1.29 is 37.9 Å². The number of alkyl carbamates (subject to hydrolysis) is 1. The Hall–Kier alpha value is -8.02. The molecule has 2 heterocycles. The maximum Gasteiger partial charge on any atom is 0.408 e. The Morgan fingerprint density at radius 1 is 0.776 bits per heavy atom. The minimum atomic E-state index is -1.21. The quantitative estimate of drug-likeness (QED) is 0.0258. The first-order valence-corrected chi connectivity index (χ1v) is 22.0. The van der Waals surface area contributed by atoms with Crippen LogP contribution in [0.25, 0.3) is 11.0 Å². The van der Waals surface area contributed by atoms with Gasteiger partial charge in [-0.2, -0.15) is 0 Å². The Kier molecular flexibility index (Phi) is 17.2. The van der Waals surface area contributed by atoms with Crippen molar-refractivity contribution in [1.29, 1.82) is 0 Å². The van der Waals surface area contributed by atoms with Crippen molar-refractivity contribution in [2.24, 2.45) is 16.5 Å². The molecule has 1 aliphatic heterocycles. The number of hydrogen-bond acceptors (Lipinski definition) is 10. The summed E-state index contributed by atoms with van der Waals surface area (Å²) in [5, 5.41) is 14.2. The number of carbonyl (C=O) groups excluding carboxylic acids is 6. The van der Waals surface area contributed by atoms with Gasteiger partial charge in [-0.1, -0.05) is 91.0 Å². The van der Waals surface area contributed by atoms with E-state index in [0.29, 0.717) is 41.5 Å². The van der Waals surface area contributed by atoms with Crippen LogP contribution in [-0.2, 0) is 48.2 Å². The monoisotopic (exact) mass is 913 g/mol. The number of nitrogens with zero attached hydrogens (tertiary/aromatic N) is 2. The lowest BCUT2D eigenvalue weighted by Crippen LogP contribution is -2.58. The second-order valence-electron chi connectivity index (χ2n) is 16.1. The second kappa shape index (κ2) is 23.8. The van der Waals surface area contributed by atoms with E-state index in [1.807, 2.05) is 42.5 Å². The van der Waals surface area contributed by atoms with Crippen LogP contribution in [0.1, 0.15) is 47.9 Å². The van der Waals surface area contributed by atoms with Gasteiger partial charge in [0.2, 0.25) is 29.5 Å². The lowest BCUT2D eigenvalue weighted by molar-refractivity contribution is -0.140. The first-order valence-electron chi connectivity index (χ1n) is 22.0. The van der Waals surface area contributed by atoms with Crippen LogP contribution in [0.3, 0.4) is 0 Å². The van der Waals surface area contributed by atoms with Gasteiger partial charge in [0.1, 0.15) is 36.4 Å². The third-order valence-electron chi connectivity index (χ3n) is 11.1. The zero-order valence-electron chi connectivity index (χ0n) is 37.1. The normalized spacial score (nSPS) is 14.5. The molecule has 0 saturated carbocycles. The molecule has 67 heavy (non-hydrogen) atoms. The van der Waals surface area contributed by atoms with Gasteiger partial charge in [-0.15, -0.1) is 0 Å². The lowest BCUT2D eigenvalue weighted by atomic mass is 10.0. The molecule has 1 fully saturated rings. The first kappa shape index (κ1) is 48.4. The Morgan fingerprint density at radius 3 is 2.07 bits per heavy atom. The number of rotatable bonds is 20. The van der Waals surface area contributed by atoms with Crippen LogP contribution < -0.4 is 43.7 Å². The van der Waals surface area contributed by atoms with Gasteiger partial charge in [-0.25, -0.2) is 9.59 Å². The van der Waals surface area contributed by atoms with Crippen molar-refractivity contribution >= 4 is 58.2 Å². The molecule has 5 aromatic rings. The molecule has 9 N–H and O–H groups in total. The van der Waals surface area contributed by atoms with Crippen molar-refractivity contribution in [2.45, 2.75) is 76.2 Å². The minimum Gasteiger partial charge on any atom is -0.445 e. The Bertz CT molecular complexity index is 2610. The van der Waals surface area contributed by atoms with E-state index in [-0.39, 0.29) is 44.9 Å². The highest BCUT2D eigenvalue weighted by molar-refractivity contribution is 6.00. The summed E-state index contributed by atoms with van der Waals surface area (Å²) >= 11 is 0. The highest BCUT2D eigenvalue weighted by atomic mass is 16.5. The first-order chi connectivity index (χ1) is 32.3. The second-order valence-corrected chi connectivity index (χ2v) is 16.1. The SMILES string of the molecule is Cc1cc(=O)oc2cc(NC(=O)[C@@H]3CCCN3C(=O)[C@H](Cc3ccccc3)NC(=O)[C@H](Cc3ccccc3)NC(=O)CNC(=O)[C@H](CCCN=C(N)N)NC(=O)OCc3ccccc3)ccc12. The van der Waals surface area contributed by atoms with E-state index in [4.69, 9.17) is 20.6 Å². The number of benzene rings is 4. The van der Waals surface area contributed by atoms with Crippen LogP contribution in [0.2, 0.25) is 0 Å². The average Bonchev–Trinajstić information content (AvgIpc) is 3.82. The number of guanidine groups is 1. The summed E-state index contributed by atoms with van der Waals surface area (Å²) in [6.45, 7) is 1.61. The average molecular weight is 914 g/mol. The largest absolute Gasteiger partial charge is 0.445 e. The number of aryl methyl sites for hydroxylation is 1. The number of carbonyl (C=O) groups is 6. The van der Waals surface area contributed by atoms with Crippen LogP contribution in [0.15, 0.2) is 129 Å². The van der Waals surface area contributed by atoms with Crippen molar-refractivity contribution in [3.63, 3.8) is 0 Å². The van der Waals surface area contributed by atoms with Crippen LogP contribution in [0.4, 0.5) is 10.5 Å². The van der Waals surface area contributed by atoms with Crippen molar-refractivity contribution in [3.8, 4) is 0 Å². The molecule has 18 heteroatoms. The third-order valence-corrected chi connectivity index (χ3v) is 11.1. The highest BCUT2D eigenvalue weighted by Crippen LogP contribution is 2.24. The predicted octanol–water partition coefficient (Wildman–Crippen LogP) is 2.95. The Balaban J connectivity index is 1.14. The molecule has 6 amide bonds. The molecule has 350 valence electrons. The maximum absolute atomic E-state index is 14.6. The van der Waals surface area contributed by atoms with Gasteiger partial charge in [0.15, 0.2) is 5.96 Å². The number of ether oxygens (including phenoxy) is 1. The van der Waals surface area contributed by atoms with Crippen molar-refractivity contribution in [1.82, 2.24) is 26.2 Å². The molecule has 0 aliphatic carbocycles. The number of amides is 6. The molecule has 0 spiro atoms. The molecule has 4 atom stereocenters. The lowest BCUT2D eigenvalue weighted by Gasteiger charge is -2.30. The number of aliphatic imine (C=N–C) groups is 1. The molecular weight excluding hydrogens is 859 g/mol. The number of anilines is 1. The van der Waals surface area contributed by atoms with Crippen LogP contribution in [0.5, 0.6) is 0 Å². The zero-order chi connectivity index (χ0) is 47.7. The molecule has 0 unspecified atom stereocenters. The fourth-order valence-corrected chi connectivity index (χ4v) is 7.73. The van der Waals surface area contributed by atoms with Gasteiger partial charge < -0.3 is 52.1 Å². The number of likely N-dealkylation sites (tertiary alicyclic amines) is 1. The van der Waals surface area contributed by atoms with Gasteiger partial charge in [-0.05, 0) is 67.0 Å². The predicted molar refractivity (Wildman–Crippen MR) is 251 cm³/mol. The number of hydrogen-bond donors (Lipinski definition) is 7. The van der Waals surface area contributed by atoms with E-state index in [1.165, 1.54) is 11.0 Å². The smallest absolute Gasteiger partial charge is 0.408 e. The van der Waals surface area contributed by atoms with E-state index >= 15 is 0 Å². The topological polar surface area (TPSA) is 270 Å². The van der Waals surface area contributed by atoms with Gasteiger partial charge in [0.25, 0.3) is 0 Å². The standard InChI is InChI=1S/C49H55N9O9/c1-31-25-43(60)67-41-28-35(21-22-36(31)41)54-46(63)40-20-12-24-58(40)47(64)39(27-33-15-7-3-8-16-33)56-45(62)38(26-32-13-5-2-6-14-32)55-42(59)29-53-44(61)37(19-11-23-52-48(50)51)57-49(65)66-30-34-17-9-4-10-18-34/h2-10,13-18,21-22,25,28,37-40H,11-12,19-20,23-24,26-27,29-30H2,1H3,(H,53,61)(H,54,63)(H,55,59)(H,56,62)(H,57,65)(H4,50,51,52)/t37-,38-,39-,40-/m0/s1. The molecule has 1 aliphatic rings. The van der Waals surface area contributed by atoms with Crippen LogP contribution >= 0.6 is 0 Å². The summed E-state index contributed by atoms with van der Waals surface area (Å²) in [6, 6.07) is 29.0. The zero-order valence-corrected chi connectivity index (χ0v) is 37.1. The summed E-state index contributed by atoms with van der Waals surface area (Å²) in [4.78, 5) is 99.9. The number of fused-ring (bicyclic) bond motifs is 1. The summed E-state index contributed by atoms with van der Waals surface area (Å²) in [7, 11) is 0. The van der Waals surface area contributed by atoms with E-state index in [1.54, 1.807) is 73.7 Å². The highest BCUT2D eigenvalue weighted by Gasteiger charge is 2.39. The summed E-state index contributed by atoms with van der Waals surface area (Å²) < 4.78 is 10.7. The van der Waals surface area contributed by atoms with E-state index in [2.05, 4.69) is 31.6 Å². The van der Waals surface area contributed by atoms with Gasteiger partial charge >= 0.3 is 11.7 Å². The molecular formula is C49H55N9O9. The van der Waals surface area contributed by atoms with E-state index in [0.717, 1.165) is 16.7 Å². The summed E-state index contributed by atoms with van der Waals surface area (Å²) in [5.74, 6) is -3.16. The number of nitrogens with two attached hydrogens (primary N) is 2. The fraction of sp³-hybridized carbons (Fsp3) is 0.306. The minimum absolute atomic E-state index is 0.0288. The van der Waals surface area contributed by atoms with Crippen molar-refractivity contribution in [2.75, 3.05) is 25.0 Å².